The van der Waals surface area contributed by atoms with E-state index >= 15 is 0 Å². The minimum atomic E-state index is -0.793. The van der Waals surface area contributed by atoms with Gasteiger partial charge in [-0.1, -0.05) is 41.4 Å². The lowest BCUT2D eigenvalue weighted by Gasteiger charge is -2.33. The maximum absolute atomic E-state index is 12.4. The molecule has 2 aromatic carbocycles. The van der Waals surface area contributed by atoms with Crippen molar-refractivity contribution in [1.29, 1.82) is 0 Å². The first-order chi connectivity index (χ1) is 23.3. The molecule has 1 amide bonds. The van der Waals surface area contributed by atoms with Crippen LogP contribution in [0.4, 0.5) is 0 Å². The van der Waals surface area contributed by atoms with Crippen molar-refractivity contribution >= 4 is 35.1 Å². The van der Waals surface area contributed by atoms with Crippen LogP contribution in [0.2, 0.25) is 10.0 Å². The van der Waals surface area contributed by atoms with Crippen LogP contribution in [0.3, 0.4) is 0 Å². The molecule has 0 spiro atoms. The molecule has 2 aliphatic carbocycles. The lowest BCUT2D eigenvalue weighted by atomic mass is 9.96. The Kier molecular flexibility index (Phi) is 11.5. The van der Waals surface area contributed by atoms with Gasteiger partial charge in [-0.25, -0.2) is 0 Å². The number of aliphatic carboxylic acids is 1. The number of carboxylic acids is 1. The molecule has 1 aromatic heterocycles. The highest BCUT2D eigenvalue weighted by molar-refractivity contribution is 6.34. The van der Waals surface area contributed by atoms with E-state index in [0.29, 0.717) is 35.7 Å². The SMILES string of the molecule is O=C(O)CN1CCN(CCNC(=O)CCCCc2cc(Cl)c(COC3(c4cnccc4-c4ccccc4OC4CC4)CC3)cc2Cl)CC1. The van der Waals surface area contributed by atoms with Crippen LogP contribution < -0.4 is 10.1 Å². The molecule has 2 heterocycles. The number of hydrogen-bond acceptors (Lipinski definition) is 7. The lowest BCUT2D eigenvalue weighted by molar-refractivity contribution is -0.138. The van der Waals surface area contributed by atoms with Gasteiger partial charge in [0.25, 0.3) is 0 Å². The second-order valence-corrected chi connectivity index (χ2v) is 13.9. The summed E-state index contributed by atoms with van der Waals surface area (Å²) < 4.78 is 12.8. The average Bonchev–Trinajstić information content (AvgIpc) is 4.02. The zero-order chi connectivity index (χ0) is 33.5. The van der Waals surface area contributed by atoms with Crippen molar-refractivity contribution in [3.8, 4) is 16.9 Å². The number of pyridine rings is 1. The molecule has 2 saturated carbocycles. The van der Waals surface area contributed by atoms with E-state index in [2.05, 4.69) is 21.3 Å². The van der Waals surface area contributed by atoms with Crippen LogP contribution in [0.15, 0.2) is 54.9 Å². The summed E-state index contributed by atoms with van der Waals surface area (Å²) in [6.07, 6.45) is 10.8. The number of carbonyl (C=O) groups is 2. The van der Waals surface area contributed by atoms with Crippen LogP contribution >= 0.6 is 23.2 Å². The number of benzene rings is 2. The number of piperazine rings is 1. The topological polar surface area (TPSA) is 104 Å². The number of unbranched alkanes of at least 4 members (excludes halogenated alkanes) is 1. The van der Waals surface area contributed by atoms with Crippen molar-refractivity contribution in [1.82, 2.24) is 20.1 Å². The number of aromatic nitrogens is 1. The third-order valence-corrected chi connectivity index (χ3v) is 10.1. The Morgan fingerprint density at radius 1 is 0.958 bits per heavy atom. The third kappa shape index (κ3) is 9.27. The molecule has 0 bridgehead atoms. The number of aryl methyl sites for hydroxylation is 1. The number of nitrogens with zero attached hydrogens (tertiary/aromatic N) is 3. The molecule has 1 saturated heterocycles. The van der Waals surface area contributed by atoms with E-state index in [4.69, 9.17) is 37.8 Å². The number of carbonyl (C=O) groups excluding carboxylic acids is 1. The second kappa shape index (κ2) is 16.0. The minimum Gasteiger partial charge on any atom is -0.490 e. The van der Waals surface area contributed by atoms with Gasteiger partial charge in [-0.05, 0) is 85.9 Å². The van der Waals surface area contributed by atoms with E-state index in [1.54, 1.807) is 0 Å². The Hall–Kier alpha value is -3.21. The molecule has 0 atom stereocenters. The van der Waals surface area contributed by atoms with Crippen LogP contribution in [0, 0.1) is 0 Å². The van der Waals surface area contributed by atoms with E-state index < -0.39 is 11.6 Å². The second-order valence-electron chi connectivity index (χ2n) is 13.1. The summed E-state index contributed by atoms with van der Waals surface area (Å²) in [4.78, 5) is 31.9. The summed E-state index contributed by atoms with van der Waals surface area (Å²) >= 11 is 13.5. The summed E-state index contributed by atoms with van der Waals surface area (Å²) in [6, 6.07) is 14.1. The Morgan fingerprint density at radius 3 is 2.44 bits per heavy atom. The van der Waals surface area contributed by atoms with Crippen molar-refractivity contribution in [3.63, 3.8) is 0 Å². The van der Waals surface area contributed by atoms with E-state index in [0.717, 1.165) is 111 Å². The molecule has 3 aromatic rings. The van der Waals surface area contributed by atoms with Crippen molar-refractivity contribution in [2.75, 3.05) is 45.8 Å². The van der Waals surface area contributed by atoms with E-state index in [1.165, 1.54) is 0 Å². The molecule has 48 heavy (non-hydrogen) atoms. The molecule has 6 rings (SSSR count). The van der Waals surface area contributed by atoms with Gasteiger partial charge in [-0.15, -0.1) is 0 Å². The van der Waals surface area contributed by atoms with E-state index in [1.807, 2.05) is 53.7 Å². The maximum Gasteiger partial charge on any atom is 0.317 e. The quantitative estimate of drug-likeness (QED) is 0.158. The predicted molar refractivity (Wildman–Crippen MR) is 187 cm³/mol. The first-order valence-electron chi connectivity index (χ1n) is 17.0. The number of halogens is 2. The molecule has 9 nitrogen and oxygen atoms in total. The first-order valence-corrected chi connectivity index (χ1v) is 17.8. The molecule has 2 N–H and O–H groups in total. The van der Waals surface area contributed by atoms with E-state index in [9.17, 15) is 9.59 Å². The van der Waals surface area contributed by atoms with Gasteiger partial charge in [0.05, 0.1) is 24.9 Å². The Morgan fingerprint density at radius 2 is 1.69 bits per heavy atom. The smallest absolute Gasteiger partial charge is 0.317 e. The van der Waals surface area contributed by atoms with Gasteiger partial charge in [-0.3, -0.25) is 24.4 Å². The monoisotopic (exact) mass is 694 g/mol. The summed E-state index contributed by atoms with van der Waals surface area (Å²) in [5.74, 6) is 0.148. The minimum absolute atomic E-state index is 0.0424. The van der Waals surface area contributed by atoms with Crippen molar-refractivity contribution in [2.45, 2.75) is 69.7 Å². The number of rotatable bonds is 17. The zero-order valence-electron chi connectivity index (χ0n) is 27.3. The molecule has 0 radical (unpaired) electrons. The highest BCUT2D eigenvalue weighted by Crippen LogP contribution is 2.53. The summed E-state index contributed by atoms with van der Waals surface area (Å²) in [6.45, 7) is 4.88. The number of amides is 1. The molecule has 3 fully saturated rings. The van der Waals surface area contributed by atoms with Gasteiger partial charge >= 0.3 is 5.97 Å². The van der Waals surface area contributed by atoms with Crippen LogP contribution in [-0.4, -0.2) is 83.7 Å². The van der Waals surface area contributed by atoms with Crippen molar-refractivity contribution in [3.05, 3.63) is 81.6 Å². The van der Waals surface area contributed by atoms with Crippen LogP contribution in [-0.2, 0) is 33.0 Å². The van der Waals surface area contributed by atoms with Crippen LogP contribution in [0.5, 0.6) is 5.75 Å². The molecule has 0 unspecified atom stereocenters. The average molecular weight is 696 g/mol. The third-order valence-electron chi connectivity index (χ3n) is 9.40. The molecular formula is C37H44Cl2N4O5. The van der Waals surface area contributed by atoms with Crippen molar-refractivity contribution < 1.29 is 24.2 Å². The molecule has 256 valence electrons. The van der Waals surface area contributed by atoms with E-state index in [-0.39, 0.29) is 12.5 Å². The lowest BCUT2D eigenvalue weighted by Crippen LogP contribution is -2.49. The molecule has 3 aliphatic rings. The van der Waals surface area contributed by atoms with Crippen LogP contribution in [0.1, 0.15) is 61.6 Å². The number of para-hydroxylation sites is 1. The number of ether oxygens (including phenoxy) is 2. The molecular weight excluding hydrogens is 651 g/mol. The first kappa shape index (κ1) is 34.6. The van der Waals surface area contributed by atoms with Crippen molar-refractivity contribution in [2.24, 2.45) is 0 Å². The number of carboxylic acid groups (broad SMARTS) is 1. The van der Waals surface area contributed by atoms with Gasteiger partial charge in [0.1, 0.15) is 5.75 Å². The fraction of sp³-hybridized carbons (Fsp3) is 0.486. The zero-order valence-corrected chi connectivity index (χ0v) is 28.8. The predicted octanol–water partition coefficient (Wildman–Crippen LogP) is 6.33. The summed E-state index contributed by atoms with van der Waals surface area (Å²) in [5, 5.41) is 13.2. The van der Waals surface area contributed by atoms with Gasteiger partial charge < -0.3 is 19.9 Å². The largest absolute Gasteiger partial charge is 0.490 e. The Balaban J connectivity index is 0.955. The highest BCUT2D eigenvalue weighted by atomic mass is 35.5. The van der Waals surface area contributed by atoms with Crippen LogP contribution in [0.25, 0.3) is 11.1 Å². The molecule has 11 heteroatoms. The molecule has 1 aliphatic heterocycles. The Bertz CT molecular complexity index is 1590. The summed E-state index contributed by atoms with van der Waals surface area (Å²) in [7, 11) is 0. The summed E-state index contributed by atoms with van der Waals surface area (Å²) in [5.41, 5.74) is 4.60. The highest BCUT2D eigenvalue weighted by Gasteiger charge is 2.48. The maximum atomic E-state index is 12.4. The standard InChI is InChI=1S/C37H44Cl2N4O5/c38-32-22-27(25-47-37(12-13-37)31-23-40-14-11-29(31)30-6-2-3-7-34(30)48-28-9-10-28)33(39)21-26(32)5-1-4-8-35(44)41-15-16-42-17-19-43(20-18-42)24-36(45)46/h2-3,6-7,11,14,21-23,28H,1,4-5,8-10,12-13,15-20,24-25H2,(H,41,44)(H,45,46). The van der Waals surface area contributed by atoms with Gasteiger partial charge in [-0.2, -0.15) is 0 Å². The number of nitrogens with one attached hydrogen (secondary N) is 1. The number of hydrogen-bond donors (Lipinski definition) is 2. The normalized spacial score (nSPS) is 17.6. The fourth-order valence-electron chi connectivity index (χ4n) is 6.31. The van der Waals surface area contributed by atoms with Gasteiger partial charge in [0, 0.05) is 79.3 Å². The van der Waals surface area contributed by atoms with Gasteiger partial charge in [0.15, 0.2) is 0 Å². The Labute approximate surface area is 292 Å². The fourth-order valence-corrected chi connectivity index (χ4v) is 6.83. The van der Waals surface area contributed by atoms with Gasteiger partial charge in [0.2, 0.25) is 5.91 Å².